The standard InChI is InChI=1S/C10H13BrO3/c1-6-7(5-12)10(14-3)9(13-2)4-8(6)11/h4,12H,5H2,1-3H3. The molecule has 14 heavy (non-hydrogen) atoms. The summed E-state index contributed by atoms with van der Waals surface area (Å²) < 4.78 is 11.2. The van der Waals surface area contributed by atoms with Crippen LogP contribution in [0.1, 0.15) is 11.1 Å². The van der Waals surface area contributed by atoms with Gasteiger partial charge in [0.05, 0.1) is 20.8 Å². The monoisotopic (exact) mass is 260 g/mol. The van der Waals surface area contributed by atoms with E-state index < -0.39 is 0 Å². The van der Waals surface area contributed by atoms with Crippen LogP contribution in [0, 0.1) is 6.92 Å². The van der Waals surface area contributed by atoms with E-state index in [-0.39, 0.29) is 6.61 Å². The summed E-state index contributed by atoms with van der Waals surface area (Å²) in [5.74, 6) is 1.21. The Hall–Kier alpha value is -0.740. The van der Waals surface area contributed by atoms with Crippen LogP contribution in [0.4, 0.5) is 0 Å². The molecule has 0 fully saturated rings. The fourth-order valence-electron chi connectivity index (χ4n) is 1.32. The molecule has 0 heterocycles. The number of benzene rings is 1. The molecule has 0 saturated heterocycles. The Labute approximate surface area is 91.8 Å². The van der Waals surface area contributed by atoms with E-state index in [1.165, 1.54) is 0 Å². The average Bonchev–Trinajstić information content (AvgIpc) is 2.20. The summed E-state index contributed by atoms with van der Waals surface area (Å²) >= 11 is 3.40. The van der Waals surface area contributed by atoms with Crippen molar-refractivity contribution < 1.29 is 14.6 Å². The molecular weight excluding hydrogens is 248 g/mol. The zero-order valence-corrected chi connectivity index (χ0v) is 10.0. The summed E-state index contributed by atoms with van der Waals surface area (Å²) in [7, 11) is 3.13. The van der Waals surface area contributed by atoms with Crippen LogP contribution in [0.2, 0.25) is 0 Å². The highest BCUT2D eigenvalue weighted by Crippen LogP contribution is 2.37. The molecule has 1 aromatic carbocycles. The number of aliphatic hydroxyl groups excluding tert-OH is 1. The quantitative estimate of drug-likeness (QED) is 0.907. The lowest BCUT2D eigenvalue weighted by molar-refractivity contribution is 0.269. The van der Waals surface area contributed by atoms with Gasteiger partial charge in [-0.05, 0) is 18.6 Å². The maximum Gasteiger partial charge on any atom is 0.166 e. The Morgan fingerprint density at radius 2 is 2.00 bits per heavy atom. The van der Waals surface area contributed by atoms with Gasteiger partial charge in [-0.15, -0.1) is 0 Å². The zero-order chi connectivity index (χ0) is 10.7. The molecule has 0 spiro atoms. The van der Waals surface area contributed by atoms with Gasteiger partial charge < -0.3 is 14.6 Å². The summed E-state index contributed by atoms with van der Waals surface area (Å²) in [5, 5.41) is 9.22. The van der Waals surface area contributed by atoms with E-state index in [2.05, 4.69) is 15.9 Å². The molecule has 0 aliphatic heterocycles. The van der Waals surface area contributed by atoms with Crippen molar-refractivity contribution in [3.05, 3.63) is 21.7 Å². The van der Waals surface area contributed by atoms with Gasteiger partial charge >= 0.3 is 0 Å². The molecule has 0 amide bonds. The van der Waals surface area contributed by atoms with E-state index in [1.54, 1.807) is 14.2 Å². The van der Waals surface area contributed by atoms with Crippen molar-refractivity contribution in [2.45, 2.75) is 13.5 Å². The first-order valence-electron chi connectivity index (χ1n) is 4.16. The number of hydrogen-bond acceptors (Lipinski definition) is 3. The van der Waals surface area contributed by atoms with E-state index in [0.717, 1.165) is 15.6 Å². The highest BCUT2D eigenvalue weighted by molar-refractivity contribution is 9.10. The van der Waals surface area contributed by atoms with Crippen molar-refractivity contribution in [3.8, 4) is 11.5 Å². The van der Waals surface area contributed by atoms with E-state index >= 15 is 0 Å². The summed E-state index contributed by atoms with van der Waals surface area (Å²) in [6.07, 6.45) is 0. The minimum atomic E-state index is -0.0647. The van der Waals surface area contributed by atoms with Crippen molar-refractivity contribution in [2.24, 2.45) is 0 Å². The van der Waals surface area contributed by atoms with Gasteiger partial charge in [0.25, 0.3) is 0 Å². The largest absolute Gasteiger partial charge is 0.493 e. The molecule has 0 unspecified atom stereocenters. The Kier molecular flexibility index (Phi) is 3.77. The highest BCUT2D eigenvalue weighted by Gasteiger charge is 2.14. The van der Waals surface area contributed by atoms with Crippen LogP contribution in [0.15, 0.2) is 10.5 Å². The molecule has 1 rings (SSSR count). The fourth-order valence-corrected chi connectivity index (χ4v) is 1.77. The van der Waals surface area contributed by atoms with E-state index in [9.17, 15) is 5.11 Å². The predicted octanol–water partition coefficient (Wildman–Crippen LogP) is 2.27. The van der Waals surface area contributed by atoms with Gasteiger partial charge in [-0.25, -0.2) is 0 Å². The van der Waals surface area contributed by atoms with Gasteiger partial charge in [0.2, 0.25) is 0 Å². The van der Waals surface area contributed by atoms with Crippen LogP contribution < -0.4 is 9.47 Å². The summed E-state index contributed by atoms with van der Waals surface area (Å²) in [5.41, 5.74) is 1.71. The van der Waals surface area contributed by atoms with Gasteiger partial charge in [-0.3, -0.25) is 0 Å². The van der Waals surface area contributed by atoms with Crippen LogP contribution in [0.25, 0.3) is 0 Å². The van der Waals surface area contributed by atoms with Crippen LogP contribution >= 0.6 is 15.9 Å². The smallest absolute Gasteiger partial charge is 0.166 e. The van der Waals surface area contributed by atoms with Crippen molar-refractivity contribution in [1.82, 2.24) is 0 Å². The second kappa shape index (κ2) is 4.66. The number of hydrogen-bond donors (Lipinski definition) is 1. The van der Waals surface area contributed by atoms with Crippen molar-refractivity contribution in [2.75, 3.05) is 14.2 Å². The second-order valence-electron chi connectivity index (χ2n) is 2.86. The zero-order valence-electron chi connectivity index (χ0n) is 8.43. The molecule has 1 aromatic rings. The Morgan fingerprint density at radius 3 is 2.43 bits per heavy atom. The van der Waals surface area contributed by atoms with Crippen LogP contribution in [0.3, 0.4) is 0 Å². The molecule has 0 saturated carbocycles. The molecular formula is C10H13BrO3. The van der Waals surface area contributed by atoms with E-state index in [0.29, 0.717) is 11.5 Å². The third-order valence-corrected chi connectivity index (χ3v) is 2.97. The van der Waals surface area contributed by atoms with Gasteiger partial charge in [0.1, 0.15) is 0 Å². The van der Waals surface area contributed by atoms with Crippen LogP contribution in [0.5, 0.6) is 11.5 Å². The van der Waals surface area contributed by atoms with Gasteiger partial charge in [0, 0.05) is 10.0 Å². The molecule has 0 aliphatic rings. The van der Waals surface area contributed by atoms with E-state index in [4.69, 9.17) is 9.47 Å². The fraction of sp³-hybridized carbons (Fsp3) is 0.400. The predicted molar refractivity (Wildman–Crippen MR) is 57.9 cm³/mol. The number of aliphatic hydroxyl groups is 1. The number of rotatable bonds is 3. The summed E-state index contributed by atoms with van der Waals surface area (Å²) in [6, 6.07) is 1.83. The first kappa shape index (κ1) is 11.3. The average molecular weight is 261 g/mol. The minimum absolute atomic E-state index is 0.0647. The summed E-state index contributed by atoms with van der Waals surface area (Å²) in [6.45, 7) is 1.85. The molecule has 0 atom stereocenters. The normalized spacial score (nSPS) is 10.1. The maximum atomic E-state index is 9.22. The first-order chi connectivity index (χ1) is 6.65. The lowest BCUT2D eigenvalue weighted by atomic mass is 10.1. The molecule has 0 aliphatic carbocycles. The Bertz CT molecular complexity index is 337. The van der Waals surface area contributed by atoms with Crippen molar-refractivity contribution in [3.63, 3.8) is 0 Å². The SMILES string of the molecule is COc1cc(Br)c(C)c(CO)c1OC. The molecule has 3 nitrogen and oxygen atoms in total. The van der Waals surface area contributed by atoms with Crippen molar-refractivity contribution in [1.29, 1.82) is 0 Å². The number of methoxy groups -OCH3 is 2. The first-order valence-corrected chi connectivity index (χ1v) is 4.95. The Balaban J connectivity index is 3.42. The molecule has 0 radical (unpaired) electrons. The maximum absolute atomic E-state index is 9.22. The van der Waals surface area contributed by atoms with Gasteiger partial charge in [-0.2, -0.15) is 0 Å². The third kappa shape index (κ3) is 1.86. The highest BCUT2D eigenvalue weighted by atomic mass is 79.9. The minimum Gasteiger partial charge on any atom is -0.493 e. The molecule has 1 N–H and O–H groups in total. The molecule has 4 heteroatoms. The number of halogens is 1. The molecule has 78 valence electrons. The number of ether oxygens (including phenoxy) is 2. The van der Waals surface area contributed by atoms with Crippen molar-refractivity contribution >= 4 is 15.9 Å². The molecule has 0 bridgehead atoms. The van der Waals surface area contributed by atoms with Gasteiger partial charge in [-0.1, -0.05) is 15.9 Å². The Morgan fingerprint density at radius 1 is 1.36 bits per heavy atom. The van der Waals surface area contributed by atoms with Gasteiger partial charge in [0.15, 0.2) is 11.5 Å². The lowest BCUT2D eigenvalue weighted by Crippen LogP contribution is -1.99. The lowest BCUT2D eigenvalue weighted by Gasteiger charge is -2.14. The summed E-state index contributed by atoms with van der Waals surface area (Å²) in [4.78, 5) is 0. The van der Waals surface area contributed by atoms with Crippen LogP contribution in [-0.2, 0) is 6.61 Å². The van der Waals surface area contributed by atoms with Crippen LogP contribution in [-0.4, -0.2) is 19.3 Å². The topological polar surface area (TPSA) is 38.7 Å². The third-order valence-electron chi connectivity index (χ3n) is 2.15. The molecule has 0 aromatic heterocycles. The van der Waals surface area contributed by atoms with E-state index in [1.807, 2.05) is 13.0 Å². The second-order valence-corrected chi connectivity index (χ2v) is 3.71.